The van der Waals surface area contributed by atoms with E-state index in [2.05, 4.69) is 0 Å². The van der Waals surface area contributed by atoms with Crippen LogP contribution in [-0.4, -0.2) is 25.6 Å². The van der Waals surface area contributed by atoms with Crippen LogP contribution in [0.25, 0.3) is 0 Å². The Morgan fingerprint density at radius 1 is 1.05 bits per heavy atom. The molecule has 4 rings (SSSR count). The van der Waals surface area contributed by atoms with Crippen molar-refractivity contribution in [2.24, 2.45) is 11.7 Å². The lowest BCUT2D eigenvalue weighted by Crippen LogP contribution is -2.50. The largest absolute Gasteiger partial charge is 0.493 e. The number of nitrogens with zero attached hydrogens (tertiary/aromatic N) is 1. The Labute approximate surface area is 236 Å². The van der Waals surface area contributed by atoms with Crippen molar-refractivity contribution >= 4 is 47.6 Å². The van der Waals surface area contributed by atoms with Crippen molar-refractivity contribution in [1.29, 1.82) is 0 Å². The van der Waals surface area contributed by atoms with Crippen molar-refractivity contribution in [3.05, 3.63) is 93.0 Å². The minimum atomic E-state index is -4.40. The van der Waals surface area contributed by atoms with Gasteiger partial charge < -0.3 is 20.2 Å². The minimum Gasteiger partial charge on any atom is -0.493 e. The molecule has 0 saturated carbocycles. The molecule has 2 N–H and O–H groups in total. The van der Waals surface area contributed by atoms with Gasteiger partial charge >= 0.3 is 6.18 Å². The number of rotatable bonds is 9. The summed E-state index contributed by atoms with van der Waals surface area (Å²) in [5, 5.41) is 1.19. The first kappa shape index (κ1) is 30.1. The number of alkyl halides is 3. The highest BCUT2D eigenvalue weighted by atomic mass is 35.5. The predicted octanol–water partition coefficient (Wildman–Crippen LogP) is 7.15. The van der Waals surface area contributed by atoms with Crippen LogP contribution in [0.3, 0.4) is 0 Å². The summed E-state index contributed by atoms with van der Waals surface area (Å²) in [5.74, 6) is 0.131. The number of carbonyl (C=O) groups excluding carboxylic acids is 1. The number of fused-ring (bicyclic) bond motifs is 1. The first-order chi connectivity index (χ1) is 17.7. The molecule has 1 aliphatic rings. The fourth-order valence-corrected chi connectivity index (χ4v) is 5.22. The van der Waals surface area contributed by atoms with Gasteiger partial charge in [-0.2, -0.15) is 13.2 Å². The van der Waals surface area contributed by atoms with Crippen LogP contribution in [0.4, 0.5) is 18.9 Å². The van der Waals surface area contributed by atoms with Gasteiger partial charge in [0.1, 0.15) is 12.0 Å². The van der Waals surface area contributed by atoms with Crippen molar-refractivity contribution in [2.75, 3.05) is 18.1 Å². The van der Waals surface area contributed by atoms with Crippen molar-refractivity contribution in [3.8, 4) is 5.75 Å². The summed E-state index contributed by atoms with van der Waals surface area (Å²) in [4.78, 5) is 13.8. The molecular weight excluding hydrogens is 560 g/mol. The summed E-state index contributed by atoms with van der Waals surface area (Å²) in [5.41, 5.74) is 8.80. The Balaban J connectivity index is 0.00000400. The van der Waals surface area contributed by atoms with Gasteiger partial charge in [0.05, 0.1) is 24.3 Å². The summed E-state index contributed by atoms with van der Waals surface area (Å²) < 4.78 is 45.2. The number of aldehydes is 1. The minimum absolute atomic E-state index is 0. The van der Waals surface area contributed by atoms with Gasteiger partial charge in [0.2, 0.25) is 0 Å². The molecule has 0 fully saturated rings. The maximum Gasteiger partial charge on any atom is 0.416 e. The standard InChI is InChI=1S/C28H27Cl2F3N2O2.ClH/c29-24-4-1-5-25(30)23(24)12-14-37-22-9-6-18(7-10-22)15-20(17-36)27(34)35-13-2-3-19-16-21(28(31,32)33)8-11-26(19)35;/h1,4-11,16-17,20,27H,2-3,12-15,34H2;1H. The normalized spacial score (nSPS) is 14.7. The molecule has 3 aromatic carbocycles. The number of nitrogens with two attached hydrogens (primary N) is 1. The molecule has 1 heterocycles. The van der Waals surface area contributed by atoms with Gasteiger partial charge in [0.15, 0.2) is 0 Å². The van der Waals surface area contributed by atoms with E-state index in [9.17, 15) is 18.0 Å². The molecule has 3 aromatic rings. The number of carbonyl (C=O) groups is 1. The van der Waals surface area contributed by atoms with Crippen molar-refractivity contribution in [3.63, 3.8) is 0 Å². The van der Waals surface area contributed by atoms with Crippen LogP contribution in [-0.2, 0) is 30.2 Å². The van der Waals surface area contributed by atoms with Gasteiger partial charge in [-0.15, -0.1) is 12.4 Å². The maximum atomic E-state index is 13.1. The molecule has 4 nitrogen and oxygen atoms in total. The number of aryl methyl sites for hydroxylation is 1. The summed E-state index contributed by atoms with van der Waals surface area (Å²) in [6.07, 6.45) is -2.08. The number of hydrogen-bond acceptors (Lipinski definition) is 4. The van der Waals surface area contributed by atoms with Gasteiger partial charge in [-0.25, -0.2) is 0 Å². The van der Waals surface area contributed by atoms with Gasteiger partial charge in [-0.05, 0) is 78.4 Å². The highest BCUT2D eigenvalue weighted by Gasteiger charge is 2.33. The zero-order chi connectivity index (χ0) is 26.6. The second-order valence-corrected chi connectivity index (χ2v) is 9.89. The summed E-state index contributed by atoms with van der Waals surface area (Å²) in [7, 11) is 0. The van der Waals surface area contributed by atoms with Gasteiger partial charge in [0, 0.05) is 28.7 Å². The number of halogens is 6. The van der Waals surface area contributed by atoms with Gasteiger partial charge in [-0.3, -0.25) is 0 Å². The smallest absolute Gasteiger partial charge is 0.416 e. The van der Waals surface area contributed by atoms with Gasteiger partial charge in [-0.1, -0.05) is 41.4 Å². The maximum absolute atomic E-state index is 13.1. The summed E-state index contributed by atoms with van der Waals surface area (Å²) >= 11 is 12.4. The van der Waals surface area contributed by atoms with Crippen molar-refractivity contribution < 1.29 is 22.7 Å². The molecule has 0 bridgehead atoms. The topological polar surface area (TPSA) is 55.6 Å². The van der Waals surface area contributed by atoms with E-state index in [-0.39, 0.29) is 12.4 Å². The Morgan fingerprint density at radius 2 is 1.74 bits per heavy atom. The van der Waals surface area contributed by atoms with Crippen LogP contribution in [0.2, 0.25) is 10.0 Å². The first-order valence-electron chi connectivity index (χ1n) is 12.0. The van der Waals surface area contributed by atoms with Crippen molar-refractivity contribution in [1.82, 2.24) is 0 Å². The lowest BCUT2D eigenvalue weighted by atomic mass is 9.93. The second-order valence-electron chi connectivity index (χ2n) is 9.08. The lowest BCUT2D eigenvalue weighted by molar-refractivity contribution is -0.137. The molecule has 2 atom stereocenters. The first-order valence-corrected chi connectivity index (χ1v) is 12.7. The molecule has 0 amide bonds. The Kier molecular flexibility index (Phi) is 10.4. The Morgan fingerprint density at radius 3 is 2.37 bits per heavy atom. The summed E-state index contributed by atoms with van der Waals surface area (Å²) in [6, 6.07) is 16.5. The zero-order valence-corrected chi connectivity index (χ0v) is 22.7. The number of ether oxygens (including phenoxy) is 1. The Hall–Kier alpha value is -2.45. The van der Waals surface area contributed by atoms with E-state index < -0.39 is 23.8 Å². The molecule has 2 unspecified atom stereocenters. The molecule has 0 spiro atoms. The third-order valence-corrected chi connectivity index (χ3v) is 7.32. The second kappa shape index (κ2) is 13.1. The molecule has 0 aliphatic carbocycles. The third-order valence-electron chi connectivity index (χ3n) is 6.61. The third kappa shape index (κ3) is 7.14. The van der Waals surface area contributed by atoms with E-state index in [0.29, 0.717) is 65.9 Å². The molecule has 10 heteroatoms. The monoisotopic (exact) mass is 586 g/mol. The van der Waals surface area contributed by atoms with Gasteiger partial charge in [0.25, 0.3) is 0 Å². The van der Waals surface area contributed by atoms with E-state index in [1.54, 1.807) is 18.2 Å². The average molecular weight is 588 g/mol. The van der Waals surface area contributed by atoms with Crippen LogP contribution in [0, 0.1) is 5.92 Å². The van der Waals surface area contributed by atoms with Crippen LogP contribution in [0.15, 0.2) is 60.7 Å². The van der Waals surface area contributed by atoms with E-state index in [4.69, 9.17) is 33.7 Å². The summed E-state index contributed by atoms with van der Waals surface area (Å²) in [6.45, 7) is 0.973. The quantitative estimate of drug-likeness (QED) is 0.270. The molecule has 38 heavy (non-hydrogen) atoms. The van der Waals surface area contributed by atoms with Crippen LogP contribution < -0.4 is 15.4 Å². The average Bonchev–Trinajstić information content (AvgIpc) is 2.88. The lowest BCUT2D eigenvalue weighted by Gasteiger charge is -2.38. The molecule has 1 aliphatic heterocycles. The highest BCUT2D eigenvalue weighted by Crippen LogP contribution is 2.36. The van der Waals surface area contributed by atoms with Crippen LogP contribution in [0.1, 0.15) is 28.7 Å². The number of anilines is 1. The fraction of sp³-hybridized carbons (Fsp3) is 0.321. The van der Waals surface area contributed by atoms with Crippen LogP contribution in [0.5, 0.6) is 5.75 Å². The van der Waals surface area contributed by atoms with E-state index >= 15 is 0 Å². The van der Waals surface area contributed by atoms with Crippen LogP contribution >= 0.6 is 35.6 Å². The SMILES string of the molecule is Cl.NC(C(C=O)Cc1ccc(OCCc2c(Cl)cccc2Cl)cc1)N1CCCc2cc(C(F)(F)F)ccc21. The molecule has 204 valence electrons. The van der Waals surface area contributed by atoms with E-state index in [1.807, 2.05) is 29.2 Å². The number of hydrogen-bond donors (Lipinski definition) is 1. The molecule has 0 radical (unpaired) electrons. The number of benzene rings is 3. The molecule has 0 aromatic heterocycles. The van der Waals surface area contributed by atoms with Crippen molar-refractivity contribution in [2.45, 2.75) is 38.0 Å². The molecule has 0 saturated heterocycles. The zero-order valence-electron chi connectivity index (χ0n) is 20.4. The molecular formula is C28H28Cl3F3N2O2. The predicted molar refractivity (Wildman–Crippen MR) is 148 cm³/mol. The van der Waals surface area contributed by atoms with E-state index in [0.717, 1.165) is 23.5 Å². The van der Waals surface area contributed by atoms with E-state index in [1.165, 1.54) is 12.1 Å². The fourth-order valence-electron chi connectivity index (χ4n) is 4.63. The highest BCUT2D eigenvalue weighted by molar-refractivity contribution is 6.35. The Bertz CT molecular complexity index is 1220.